The van der Waals surface area contributed by atoms with Crippen LogP contribution in [0.1, 0.15) is 51.9 Å². The number of rotatable bonds is 5. The minimum atomic E-state index is -2.92. The molecule has 2 N–H and O–H groups in total. The Labute approximate surface area is 135 Å². The second-order valence-electron chi connectivity index (χ2n) is 6.69. The standard InChI is InChI=1S/C16H31N3O2S/c1-3-22(20,21)11-10-18-16(17-2)19-15-9-8-13-6-4-5-7-14(13)12-15/h13-15H,3-12H2,1-2H3,(H2,17,18,19). The average Bonchev–Trinajstić information content (AvgIpc) is 2.53. The molecule has 2 saturated carbocycles. The highest BCUT2D eigenvalue weighted by Gasteiger charge is 2.32. The van der Waals surface area contributed by atoms with Gasteiger partial charge in [0.1, 0.15) is 0 Å². The van der Waals surface area contributed by atoms with Crippen LogP contribution in [-0.4, -0.2) is 45.5 Å². The first-order valence-corrected chi connectivity index (χ1v) is 10.5. The fourth-order valence-electron chi connectivity index (χ4n) is 3.86. The van der Waals surface area contributed by atoms with Crippen LogP contribution in [0.3, 0.4) is 0 Å². The van der Waals surface area contributed by atoms with Gasteiger partial charge in [0.15, 0.2) is 15.8 Å². The smallest absolute Gasteiger partial charge is 0.191 e. The van der Waals surface area contributed by atoms with Crippen LogP contribution in [0.15, 0.2) is 4.99 Å². The number of guanidine groups is 1. The number of aliphatic imine (C=N–C) groups is 1. The molecule has 0 heterocycles. The van der Waals surface area contributed by atoms with Crippen molar-refractivity contribution in [3.63, 3.8) is 0 Å². The second-order valence-corrected chi connectivity index (χ2v) is 9.17. The summed E-state index contributed by atoms with van der Waals surface area (Å²) in [6, 6.07) is 0.480. The maximum absolute atomic E-state index is 11.5. The van der Waals surface area contributed by atoms with Gasteiger partial charge in [-0.25, -0.2) is 8.42 Å². The summed E-state index contributed by atoms with van der Waals surface area (Å²) >= 11 is 0. The van der Waals surface area contributed by atoms with Gasteiger partial charge in [0.2, 0.25) is 0 Å². The third-order valence-electron chi connectivity index (χ3n) is 5.25. The van der Waals surface area contributed by atoms with Crippen LogP contribution in [0, 0.1) is 11.8 Å². The molecular weight excluding hydrogens is 298 g/mol. The molecule has 0 spiro atoms. The van der Waals surface area contributed by atoms with Crippen molar-refractivity contribution in [2.24, 2.45) is 16.8 Å². The van der Waals surface area contributed by atoms with Crippen molar-refractivity contribution < 1.29 is 8.42 Å². The Morgan fingerprint density at radius 1 is 1.14 bits per heavy atom. The van der Waals surface area contributed by atoms with E-state index in [1.54, 1.807) is 14.0 Å². The molecule has 0 aliphatic heterocycles. The Balaban J connectivity index is 1.76. The van der Waals surface area contributed by atoms with Crippen LogP contribution >= 0.6 is 0 Å². The molecule has 128 valence electrons. The molecule has 0 saturated heterocycles. The minimum absolute atomic E-state index is 0.166. The highest BCUT2D eigenvalue weighted by atomic mass is 32.2. The molecule has 2 aliphatic rings. The van der Waals surface area contributed by atoms with Crippen LogP contribution in [0.2, 0.25) is 0 Å². The summed E-state index contributed by atoms with van der Waals surface area (Å²) in [4.78, 5) is 4.23. The van der Waals surface area contributed by atoms with E-state index >= 15 is 0 Å². The van der Waals surface area contributed by atoms with E-state index in [1.807, 2.05) is 0 Å². The molecule has 0 radical (unpaired) electrons. The van der Waals surface area contributed by atoms with Crippen molar-refractivity contribution in [3.8, 4) is 0 Å². The molecule has 5 nitrogen and oxygen atoms in total. The fourth-order valence-corrected chi connectivity index (χ4v) is 4.56. The number of hydrogen-bond donors (Lipinski definition) is 2. The van der Waals surface area contributed by atoms with Crippen molar-refractivity contribution in [1.29, 1.82) is 0 Å². The van der Waals surface area contributed by atoms with Crippen LogP contribution in [0.25, 0.3) is 0 Å². The first kappa shape index (κ1) is 17.6. The molecule has 2 rings (SSSR count). The van der Waals surface area contributed by atoms with E-state index < -0.39 is 9.84 Å². The maximum atomic E-state index is 11.5. The molecule has 0 aromatic carbocycles. The first-order valence-electron chi connectivity index (χ1n) is 8.71. The molecule has 6 heteroatoms. The molecule has 0 amide bonds. The summed E-state index contributed by atoms with van der Waals surface area (Å²) in [5.41, 5.74) is 0. The van der Waals surface area contributed by atoms with Gasteiger partial charge in [-0.15, -0.1) is 0 Å². The van der Waals surface area contributed by atoms with Gasteiger partial charge in [-0.05, 0) is 31.1 Å². The molecule has 22 heavy (non-hydrogen) atoms. The molecular formula is C16H31N3O2S. The van der Waals surface area contributed by atoms with E-state index in [-0.39, 0.29) is 11.5 Å². The first-order chi connectivity index (χ1) is 10.5. The molecule has 0 aromatic heterocycles. The zero-order valence-electron chi connectivity index (χ0n) is 14.0. The Morgan fingerprint density at radius 3 is 2.55 bits per heavy atom. The largest absolute Gasteiger partial charge is 0.355 e. The SMILES string of the molecule is CCS(=O)(=O)CCNC(=NC)NC1CCC2CCCCC2C1. The van der Waals surface area contributed by atoms with E-state index in [4.69, 9.17) is 0 Å². The van der Waals surface area contributed by atoms with Gasteiger partial charge >= 0.3 is 0 Å². The lowest BCUT2D eigenvalue weighted by atomic mass is 9.69. The third kappa shape index (κ3) is 5.14. The van der Waals surface area contributed by atoms with Crippen molar-refractivity contribution in [2.75, 3.05) is 25.1 Å². The van der Waals surface area contributed by atoms with Crippen molar-refractivity contribution in [1.82, 2.24) is 10.6 Å². The average molecular weight is 330 g/mol. The van der Waals surface area contributed by atoms with Gasteiger partial charge in [0.05, 0.1) is 5.75 Å². The highest BCUT2D eigenvalue weighted by molar-refractivity contribution is 7.91. The predicted molar refractivity (Wildman–Crippen MR) is 91.9 cm³/mol. The Hall–Kier alpha value is -0.780. The van der Waals surface area contributed by atoms with Gasteiger partial charge in [0.25, 0.3) is 0 Å². The number of hydrogen-bond acceptors (Lipinski definition) is 3. The highest BCUT2D eigenvalue weighted by Crippen LogP contribution is 2.40. The lowest BCUT2D eigenvalue weighted by Gasteiger charge is -2.39. The zero-order valence-corrected chi connectivity index (χ0v) is 14.8. The number of nitrogens with zero attached hydrogens (tertiary/aromatic N) is 1. The van der Waals surface area contributed by atoms with Crippen LogP contribution < -0.4 is 10.6 Å². The summed E-state index contributed by atoms with van der Waals surface area (Å²) in [6.07, 6.45) is 9.35. The summed E-state index contributed by atoms with van der Waals surface area (Å²) in [6.45, 7) is 2.11. The second kappa shape index (κ2) is 8.18. The lowest BCUT2D eigenvalue weighted by molar-refractivity contribution is 0.150. The molecule has 2 fully saturated rings. The monoisotopic (exact) mass is 329 g/mol. The number of nitrogens with one attached hydrogen (secondary N) is 2. The molecule has 2 aliphatic carbocycles. The van der Waals surface area contributed by atoms with E-state index in [1.165, 1.54) is 44.9 Å². The van der Waals surface area contributed by atoms with E-state index in [9.17, 15) is 8.42 Å². The van der Waals surface area contributed by atoms with Gasteiger partial charge < -0.3 is 10.6 Å². The summed E-state index contributed by atoms with van der Waals surface area (Å²) in [5.74, 6) is 2.92. The molecule has 0 bridgehead atoms. The Kier molecular flexibility index (Phi) is 6.53. The normalized spacial score (nSPS) is 29.7. The lowest BCUT2D eigenvalue weighted by Crippen LogP contribution is -2.47. The topological polar surface area (TPSA) is 70.6 Å². The zero-order chi connectivity index (χ0) is 16.0. The summed E-state index contributed by atoms with van der Waals surface area (Å²) < 4.78 is 23.0. The van der Waals surface area contributed by atoms with Gasteiger partial charge in [0, 0.05) is 25.4 Å². The van der Waals surface area contributed by atoms with Crippen LogP contribution in [0.5, 0.6) is 0 Å². The van der Waals surface area contributed by atoms with Crippen molar-refractivity contribution in [2.45, 2.75) is 57.9 Å². The third-order valence-corrected chi connectivity index (χ3v) is 6.96. The predicted octanol–water partition coefficient (Wildman–Crippen LogP) is 1.94. The summed E-state index contributed by atoms with van der Waals surface area (Å²) in [7, 11) is -1.17. The quantitative estimate of drug-likeness (QED) is 0.597. The van der Waals surface area contributed by atoms with E-state index in [0.717, 1.165) is 17.8 Å². The Bertz CT molecular complexity index is 476. The van der Waals surface area contributed by atoms with Gasteiger partial charge in [-0.3, -0.25) is 4.99 Å². The van der Waals surface area contributed by atoms with E-state index in [2.05, 4.69) is 15.6 Å². The number of fused-ring (bicyclic) bond motifs is 1. The molecule has 3 unspecified atom stereocenters. The van der Waals surface area contributed by atoms with Gasteiger partial charge in [-0.1, -0.05) is 32.6 Å². The Morgan fingerprint density at radius 2 is 1.86 bits per heavy atom. The summed E-state index contributed by atoms with van der Waals surface area (Å²) in [5, 5.41) is 6.63. The van der Waals surface area contributed by atoms with Crippen molar-refractivity contribution >= 4 is 15.8 Å². The fraction of sp³-hybridized carbons (Fsp3) is 0.938. The van der Waals surface area contributed by atoms with E-state index in [0.29, 0.717) is 12.6 Å². The number of sulfone groups is 1. The molecule has 3 atom stereocenters. The van der Waals surface area contributed by atoms with Crippen molar-refractivity contribution in [3.05, 3.63) is 0 Å². The minimum Gasteiger partial charge on any atom is -0.355 e. The van der Waals surface area contributed by atoms with Gasteiger partial charge in [-0.2, -0.15) is 0 Å². The van der Waals surface area contributed by atoms with Crippen LogP contribution in [-0.2, 0) is 9.84 Å². The van der Waals surface area contributed by atoms with Crippen LogP contribution in [0.4, 0.5) is 0 Å². The molecule has 0 aromatic rings. The maximum Gasteiger partial charge on any atom is 0.191 e.